The van der Waals surface area contributed by atoms with Gasteiger partial charge in [-0.3, -0.25) is 4.90 Å². The maximum atomic E-state index is 12.0. The van der Waals surface area contributed by atoms with Crippen molar-refractivity contribution in [3.63, 3.8) is 0 Å². The van der Waals surface area contributed by atoms with Gasteiger partial charge in [-0.05, 0) is 71.9 Å². The predicted molar refractivity (Wildman–Crippen MR) is 140 cm³/mol. The molecule has 3 heterocycles. The summed E-state index contributed by atoms with van der Waals surface area (Å²) in [5.74, 6) is 0. The summed E-state index contributed by atoms with van der Waals surface area (Å²) >= 11 is 0. The van der Waals surface area contributed by atoms with E-state index in [1.165, 1.54) is 17.6 Å². The minimum Gasteiger partial charge on any atom is -0.444 e. The fourth-order valence-electron chi connectivity index (χ4n) is 5.24. The molecule has 0 spiro atoms. The SMILES string of the molecule is CN(CCNC(=O)OC(C)(C)C)Cc1cn(C2CCCCO2)nc1C1=CCC(N2CCOCC2)CC1. The molecule has 9 heteroatoms. The van der Waals surface area contributed by atoms with Crippen LogP contribution in [0.3, 0.4) is 0 Å². The Morgan fingerprint density at radius 2 is 2.03 bits per heavy atom. The number of ether oxygens (including phenoxy) is 3. The molecule has 4 rings (SSSR count). The van der Waals surface area contributed by atoms with Crippen LogP contribution in [0.25, 0.3) is 5.57 Å². The van der Waals surface area contributed by atoms with Gasteiger partial charge < -0.3 is 24.4 Å². The highest BCUT2D eigenvalue weighted by atomic mass is 16.6. The molecule has 1 aromatic rings. The topological polar surface area (TPSA) is 81.1 Å². The van der Waals surface area contributed by atoms with E-state index in [4.69, 9.17) is 19.3 Å². The first-order chi connectivity index (χ1) is 17.3. The van der Waals surface area contributed by atoms with Gasteiger partial charge in [-0.1, -0.05) is 6.08 Å². The van der Waals surface area contributed by atoms with Crippen molar-refractivity contribution in [2.45, 2.75) is 83.7 Å². The van der Waals surface area contributed by atoms with Gasteiger partial charge in [0, 0.05) is 57.1 Å². The summed E-state index contributed by atoms with van der Waals surface area (Å²) in [4.78, 5) is 16.8. The minimum atomic E-state index is -0.491. The third kappa shape index (κ3) is 7.78. The summed E-state index contributed by atoms with van der Waals surface area (Å²) in [6.45, 7) is 12.2. The maximum absolute atomic E-state index is 12.0. The molecule has 2 aliphatic heterocycles. The van der Waals surface area contributed by atoms with Crippen LogP contribution in [-0.2, 0) is 20.8 Å². The van der Waals surface area contributed by atoms with Crippen LogP contribution in [0.4, 0.5) is 4.79 Å². The molecule has 9 nitrogen and oxygen atoms in total. The zero-order valence-corrected chi connectivity index (χ0v) is 22.6. The molecule has 2 atom stereocenters. The standard InChI is InChI=1S/C27H45N5O4/c1-27(2,3)36-26(33)28-12-13-30(4)19-22-20-32(24-7-5-6-16-35-24)29-25(22)21-8-10-23(11-9-21)31-14-17-34-18-15-31/h8,20,23-24H,5-7,9-19H2,1-4H3,(H,28,33). The lowest BCUT2D eigenvalue weighted by Gasteiger charge is -2.36. The summed E-state index contributed by atoms with van der Waals surface area (Å²) in [5, 5.41) is 7.93. The summed E-state index contributed by atoms with van der Waals surface area (Å²) in [6.07, 6.45) is 10.8. The van der Waals surface area contributed by atoms with Crippen molar-refractivity contribution in [1.82, 2.24) is 24.9 Å². The normalized spacial score (nSPS) is 24.0. The average Bonchev–Trinajstić information content (AvgIpc) is 3.28. The lowest BCUT2D eigenvalue weighted by atomic mass is 9.91. The van der Waals surface area contributed by atoms with E-state index in [9.17, 15) is 4.79 Å². The van der Waals surface area contributed by atoms with Gasteiger partial charge >= 0.3 is 6.09 Å². The quantitative estimate of drug-likeness (QED) is 0.578. The Morgan fingerprint density at radius 3 is 2.69 bits per heavy atom. The fraction of sp³-hybridized carbons (Fsp3) is 0.778. The molecule has 2 fully saturated rings. The van der Waals surface area contributed by atoms with Crippen molar-refractivity contribution in [3.05, 3.63) is 23.5 Å². The molecule has 0 bridgehead atoms. The number of hydrogen-bond donors (Lipinski definition) is 1. The van der Waals surface area contributed by atoms with Crippen molar-refractivity contribution in [1.29, 1.82) is 0 Å². The molecule has 2 unspecified atom stereocenters. The lowest BCUT2D eigenvalue weighted by molar-refractivity contribution is -0.0396. The number of rotatable bonds is 8. The molecule has 3 aliphatic rings. The smallest absolute Gasteiger partial charge is 0.407 e. The van der Waals surface area contributed by atoms with Crippen LogP contribution in [0.2, 0.25) is 0 Å². The molecular weight excluding hydrogens is 458 g/mol. The second kappa shape index (κ2) is 12.5. The molecule has 36 heavy (non-hydrogen) atoms. The van der Waals surface area contributed by atoms with Crippen molar-refractivity contribution in [3.8, 4) is 0 Å². The first-order valence-corrected chi connectivity index (χ1v) is 13.6. The van der Waals surface area contributed by atoms with Crippen molar-refractivity contribution < 1.29 is 19.0 Å². The van der Waals surface area contributed by atoms with Gasteiger partial charge in [-0.2, -0.15) is 5.10 Å². The molecule has 0 aromatic carbocycles. The Bertz CT molecular complexity index is 881. The second-order valence-electron chi connectivity index (χ2n) is 11.3. The molecule has 1 aromatic heterocycles. The van der Waals surface area contributed by atoms with Crippen LogP contribution < -0.4 is 5.32 Å². The van der Waals surface area contributed by atoms with E-state index >= 15 is 0 Å². The fourth-order valence-corrected chi connectivity index (χ4v) is 5.24. The molecule has 1 amide bonds. The summed E-state index contributed by atoms with van der Waals surface area (Å²) in [5.41, 5.74) is 3.19. The van der Waals surface area contributed by atoms with Gasteiger partial charge in [-0.15, -0.1) is 0 Å². The number of likely N-dealkylation sites (N-methyl/N-ethyl adjacent to an activating group) is 1. The second-order valence-corrected chi connectivity index (χ2v) is 11.3. The first kappa shape index (κ1) is 27.1. The Balaban J connectivity index is 1.40. The zero-order valence-electron chi connectivity index (χ0n) is 22.6. The zero-order chi connectivity index (χ0) is 25.5. The first-order valence-electron chi connectivity index (χ1n) is 13.6. The van der Waals surface area contributed by atoms with E-state index in [0.29, 0.717) is 12.6 Å². The van der Waals surface area contributed by atoms with Crippen LogP contribution in [0, 0.1) is 0 Å². The highest BCUT2D eigenvalue weighted by molar-refractivity contribution is 5.67. The van der Waals surface area contributed by atoms with E-state index in [1.54, 1.807) is 0 Å². The van der Waals surface area contributed by atoms with Crippen LogP contribution in [0.15, 0.2) is 12.3 Å². The Kier molecular flexibility index (Phi) is 9.44. The summed E-state index contributed by atoms with van der Waals surface area (Å²) in [6, 6.07) is 0.603. The third-order valence-corrected chi connectivity index (χ3v) is 7.11. The van der Waals surface area contributed by atoms with E-state index in [-0.39, 0.29) is 12.3 Å². The van der Waals surface area contributed by atoms with E-state index < -0.39 is 5.60 Å². The van der Waals surface area contributed by atoms with Crippen molar-refractivity contribution in [2.24, 2.45) is 0 Å². The highest BCUT2D eigenvalue weighted by Gasteiger charge is 2.27. The van der Waals surface area contributed by atoms with Crippen LogP contribution in [-0.4, -0.2) is 90.4 Å². The number of nitrogens with zero attached hydrogens (tertiary/aromatic N) is 4. The van der Waals surface area contributed by atoms with E-state index in [1.807, 2.05) is 25.5 Å². The number of hydrogen-bond acceptors (Lipinski definition) is 7. The van der Waals surface area contributed by atoms with Gasteiger partial charge in [0.1, 0.15) is 11.8 Å². The number of morpholine rings is 1. The van der Waals surface area contributed by atoms with Crippen LogP contribution in [0.5, 0.6) is 0 Å². The molecular formula is C27H45N5O4. The summed E-state index contributed by atoms with van der Waals surface area (Å²) in [7, 11) is 2.08. The monoisotopic (exact) mass is 503 g/mol. The van der Waals surface area contributed by atoms with Crippen LogP contribution >= 0.6 is 0 Å². The van der Waals surface area contributed by atoms with E-state index in [2.05, 4.69) is 34.4 Å². The van der Waals surface area contributed by atoms with Gasteiger partial charge in [0.25, 0.3) is 0 Å². The highest BCUT2D eigenvalue weighted by Crippen LogP contribution is 2.32. The number of amides is 1. The average molecular weight is 504 g/mol. The third-order valence-electron chi connectivity index (χ3n) is 7.11. The number of alkyl carbamates (subject to hydrolysis) is 1. The molecule has 1 aliphatic carbocycles. The molecule has 0 saturated carbocycles. The number of carbonyl (C=O) groups is 1. The van der Waals surface area contributed by atoms with Gasteiger partial charge in [-0.25, -0.2) is 9.48 Å². The number of allylic oxidation sites excluding steroid dienone is 1. The lowest BCUT2D eigenvalue weighted by Crippen LogP contribution is -2.44. The van der Waals surface area contributed by atoms with E-state index in [0.717, 1.165) is 83.8 Å². The number of aromatic nitrogens is 2. The predicted octanol–water partition coefficient (Wildman–Crippen LogP) is 3.81. The molecule has 1 N–H and O–H groups in total. The van der Waals surface area contributed by atoms with Crippen molar-refractivity contribution in [2.75, 3.05) is 53.0 Å². The van der Waals surface area contributed by atoms with Gasteiger partial charge in [0.15, 0.2) is 0 Å². The molecule has 202 valence electrons. The van der Waals surface area contributed by atoms with Crippen molar-refractivity contribution >= 4 is 11.7 Å². The Hall–Kier alpha value is -1.94. The maximum Gasteiger partial charge on any atom is 0.407 e. The Morgan fingerprint density at radius 1 is 1.22 bits per heavy atom. The van der Waals surface area contributed by atoms with Crippen LogP contribution in [0.1, 0.15) is 76.8 Å². The summed E-state index contributed by atoms with van der Waals surface area (Å²) < 4.78 is 19.0. The van der Waals surface area contributed by atoms with Gasteiger partial charge in [0.2, 0.25) is 0 Å². The molecule has 0 radical (unpaired) electrons. The number of carbonyl (C=O) groups excluding carboxylic acids is 1. The van der Waals surface area contributed by atoms with Gasteiger partial charge in [0.05, 0.1) is 18.9 Å². The number of nitrogens with one attached hydrogen (secondary N) is 1. The largest absolute Gasteiger partial charge is 0.444 e. The Labute approximate surface area is 216 Å². The minimum absolute atomic E-state index is 0.0238. The molecule has 2 saturated heterocycles.